The van der Waals surface area contributed by atoms with E-state index < -0.39 is 0 Å². The maximum absolute atomic E-state index is 9.02. The first kappa shape index (κ1) is 10.7. The van der Waals surface area contributed by atoms with E-state index in [1.165, 1.54) is 0 Å². The molecule has 3 nitrogen and oxygen atoms in total. The Labute approximate surface area is 94.0 Å². The van der Waals surface area contributed by atoms with E-state index in [-0.39, 0.29) is 6.61 Å². The first-order chi connectivity index (χ1) is 7.29. The average molecular weight is 228 g/mol. The van der Waals surface area contributed by atoms with E-state index in [1.54, 1.807) is 6.07 Å². The Bertz CT molecular complexity index is 337. The van der Waals surface area contributed by atoms with E-state index in [2.05, 4.69) is 5.32 Å². The van der Waals surface area contributed by atoms with Crippen LogP contribution >= 0.6 is 11.6 Å². The summed E-state index contributed by atoms with van der Waals surface area (Å²) in [6.45, 7) is 1.56. The molecule has 1 unspecified atom stereocenters. The number of rotatable bonds is 3. The second-order valence-corrected chi connectivity index (χ2v) is 4.08. The van der Waals surface area contributed by atoms with Crippen molar-refractivity contribution in [3.8, 4) is 0 Å². The number of aliphatic hydroxyl groups is 1. The molecule has 0 bridgehead atoms. The minimum Gasteiger partial charge on any atom is -0.392 e. The molecular formula is C11H14ClNO2. The van der Waals surface area contributed by atoms with Gasteiger partial charge < -0.3 is 15.2 Å². The molecule has 82 valence electrons. The molecule has 0 saturated carbocycles. The van der Waals surface area contributed by atoms with Crippen LogP contribution in [-0.2, 0) is 11.3 Å². The van der Waals surface area contributed by atoms with Gasteiger partial charge in [-0.15, -0.1) is 0 Å². The standard InChI is InChI=1S/C11H14ClNO2/c12-10-2-1-8(6-14)5-11(10)13-9-3-4-15-7-9/h1-2,5,9,13-14H,3-4,6-7H2. The molecule has 0 spiro atoms. The number of benzene rings is 1. The molecule has 1 aliphatic rings. The lowest BCUT2D eigenvalue weighted by Gasteiger charge is -2.14. The zero-order valence-corrected chi connectivity index (χ0v) is 9.13. The molecule has 0 radical (unpaired) electrons. The molecule has 4 heteroatoms. The van der Waals surface area contributed by atoms with Crippen LogP contribution < -0.4 is 5.32 Å². The molecule has 0 aliphatic carbocycles. The third-order valence-corrected chi connectivity index (χ3v) is 2.83. The van der Waals surface area contributed by atoms with Crippen LogP contribution in [0.25, 0.3) is 0 Å². The fourth-order valence-electron chi connectivity index (χ4n) is 1.65. The van der Waals surface area contributed by atoms with Crippen LogP contribution in [-0.4, -0.2) is 24.4 Å². The van der Waals surface area contributed by atoms with Crippen LogP contribution in [0.4, 0.5) is 5.69 Å². The molecule has 0 amide bonds. The Morgan fingerprint density at radius 3 is 3.07 bits per heavy atom. The van der Waals surface area contributed by atoms with Crippen molar-refractivity contribution in [2.24, 2.45) is 0 Å². The highest BCUT2D eigenvalue weighted by Crippen LogP contribution is 2.25. The zero-order chi connectivity index (χ0) is 10.7. The van der Waals surface area contributed by atoms with E-state index in [4.69, 9.17) is 21.4 Å². The van der Waals surface area contributed by atoms with Crippen LogP contribution in [0.3, 0.4) is 0 Å². The van der Waals surface area contributed by atoms with Gasteiger partial charge in [-0.2, -0.15) is 0 Å². The molecule has 15 heavy (non-hydrogen) atoms. The molecule has 0 aromatic heterocycles. The molecule has 1 aromatic rings. The summed E-state index contributed by atoms with van der Waals surface area (Å²) >= 11 is 6.05. The van der Waals surface area contributed by atoms with E-state index in [9.17, 15) is 0 Å². The summed E-state index contributed by atoms with van der Waals surface area (Å²) in [5.74, 6) is 0. The topological polar surface area (TPSA) is 41.5 Å². The quantitative estimate of drug-likeness (QED) is 0.831. The second-order valence-electron chi connectivity index (χ2n) is 3.68. The lowest BCUT2D eigenvalue weighted by atomic mass is 10.2. The van der Waals surface area contributed by atoms with E-state index in [0.29, 0.717) is 11.1 Å². The van der Waals surface area contributed by atoms with Crippen molar-refractivity contribution in [1.82, 2.24) is 0 Å². The first-order valence-corrected chi connectivity index (χ1v) is 5.41. The van der Waals surface area contributed by atoms with Gasteiger partial charge in [0.15, 0.2) is 0 Å². The predicted molar refractivity (Wildman–Crippen MR) is 60.2 cm³/mol. The number of aliphatic hydroxyl groups excluding tert-OH is 1. The number of hydrogen-bond donors (Lipinski definition) is 2. The normalized spacial score (nSPS) is 20.5. The Morgan fingerprint density at radius 2 is 2.40 bits per heavy atom. The molecule has 1 aliphatic heterocycles. The summed E-state index contributed by atoms with van der Waals surface area (Å²) < 4.78 is 5.27. The average Bonchev–Trinajstić information content (AvgIpc) is 2.74. The number of halogens is 1. The number of ether oxygens (including phenoxy) is 1. The summed E-state index contributed by atoms with van der Waals surface area (Å²) in [6, 6.07) is 5.82. The van der Waals surface area contributed by atoms with Gasteiger partial charge in [-0.3, -0.25) is 0 Å². The van der Waals surface area contributed by atoms with Gasteiger partial charge in [0.25, 0.3) is 0 Å². The van der Waals surface area contributed by atoms with Gasteiger partial charge in [0.1, 0.15) is 0 Å². The third-order valence-electron chi connectivity index (χ3n) is 2.50. The molecule has 1 saturated heterocycles. The maximum atomic E-state index is 9.02. The van der Waals surface area contributed by atoms with Gasteiger partial charge in [-0.25, -0.2) is 0 Å². The van der Waals surface area contributed by atoms with Crippen molar-refractivity contribution in [3.05, 3.63) is 28.8 Å². The Hall–Kier alpha value is -0.770. The van der Waals surface area contributed by atoms with Crippen LogP contribution in [0.15, 0.2) is 18.2 Å². The SMILES string of the molecule is OCc1ccc(Cl)c(NC2CCOC2)c1. The highest BCUT2D eigenvalue weighted by molar-refractivity contribution is 6.33. The van der Waals surface area contributed by atoms with Crippen molar-refractivity contribution < 1.29 is 9.84 Å². The maximum Gasteiger partial charge on any atom is 0.0682 e. The molecule has 1 fully saturated rings. The lowest BCUT2D eigenvalue weighted by Crippen LogP contribution is -2.19. The molecule has 1 aromatic carbocycles. The summed E-state index contributed by atoms with van der Waals surface area (Å²) in [5.41, 5.74) is 1.74. The van der Waals surface area contributed by atoms with Crippen LogP contribution in [0.1, 0.15) is 12.0 Å². The smallest absolute Gasteiger partial charge is 0.0682 e. The Balaban J connectivity index is 2.11. The van der Waals surface area contributed by atoms with Crippen LogP contribution in [0.5, 0.6) is 0 Å². The predicted octanol–water partition coefficient (Wildman–Crippen LogP) is 2.03. The highest BCUT2D eigenvalue weighted by atomic mass is 35.5. The van der Waals surface area contributed by atoms with Crippen LogP contribution in [0, 0.1) is 0 Å². The number of anilines is 1. The third kappa shape index (κ3) is 2.62. The summed E-state index contributed by atoms with van der Waals surface area (Å²) in [4.78, 5) is 0. The second kappa shape index (κ2) is 4.84. The number of hydrogen-bond acceptors (Lipinski definition) is 3. The molecule has 1 atom stereocenters. The monoisotopic (exact) mass is 227 g/mol. The van der Waals surface area contributed by atoms with E-state index in [0.717, 1.165) is 30.9 Å². The van der Waals surface area contributed by atoms with Crippen LogP contribution in [0.2, 0.25) is 5.02 Å². The lowest BCUT2D eigenvalue weighted by molar-refractivity contribution is 0.195. The van der Waals surface area contributed by atoms with Gasteiger partial charge in [-0.1, -0.05) is 17.7 Å². The fourth-order valence-corrected chi connectivity index (χ4v) is 1.82. The molecule has 2 N–H and O–H groups in total. The van der Waals surface area contributed by atoms with Crippen molar-refractivity contribution in [2.75, 3.05) is 18.5 Å². The summed E-state index contributed by atoms with van der Waals surface area (Å²) in [6.07, 6.45) is 1.000. The molecule has 1 heterocycles. The minimum atomic E-state index is 0.0347. The largest absolute Gasteiger partial charge is 0.392 e. The fraction of sp³-hybridized carbons (Fsp3) is 0.455. The van der Waals surface area contributed by atoms with Crippen molar-refractivity contribution in [2.45, 2.75) is 19.1 Å². The minimum absolute atomic E-state index is 0.0347. The van der Waals surface area contributed by atoms with Gasteiger partial charge in [0, 0.05) is 6.61 Å². The van der Waals surface area contributed by atoms with Gasteiger partial charge in [0.05, 0.1) is 30.0 Å². The molecule has 2 rings (SSSR count). The van der Waals surface area contributed by atoms with Crippen molar-refractivity contribution in [3.63, 3.8) is 0 Å². The Kier molecular flexibility index (Phi) is 3.46. The van der Waals surface area contributed by atoms with Crippen molar-refractivity contribution >= 4 is 17.3 Å². The summed E-state index contributed by atoms with van der Waals surface area (Å²) in [5, 5.41) is 13.0. The molecular weight excluding hydrogens is 214 g/mol. The highest BCUT2D eigenvalue weighted by Gasteiger charge is 2.16. The first-order valence-electron chi connectivity index (χ1n) is 5.03. The number of nitrogens with one attached hydrogen (secondary N) is 1. The van der Waals surface area contributed by atoms with Gasteiger partial charge in [-0.05, 0) is 24.1 Å². The van der Waals surface area contributed by atoms with Crippen molar-refractivity contribution in [1.29, 1.82) is 0 Å². The van der Waals surface area contributed by atoms with Gasteiger partial charge in [0.2, 0.25) is 0 Å². The Morgan fingerprint density at radius 1 is 1.53 bits per heavy atom. The summed E-state index contributed by atoms with van der Waals surface area (Å²) in [7, 11) is 0. The van der Waals surface area contributed by atoms with E-state index >= 15 is 0 Å². The van der Waals surface area contributed by atoms with Gasteiger partial charge >= 0.3 is 0 Å². The van der Waals surface area contributed by atoms with E-state index in [1.807, 2.05) is 12.1 Å². The zero-order valence-electron chi connectivity index (χ0n) is 8.37.